The van der Waals surface area contributed by atoms with Crippen LogP contribution in [-0.2, 0) is 13.0 Å². The van der Waals surface area contributed by atoms with Crippen molar-refractivity contribution in [2.75, 3.05) is 0 Å². The van der Waals surface area contributed by atoms with Gasteiger partial charge in [0.15, 0.2) is 0 Å². The summed E-state index contributed by atoms with van der Waals surface area (Å²) < 4.78 is 2.70. The predicted octanol–water partition coefficient (Wildman–Crippen LogP) is 4.17. The van der Waals surface area contributed by atoms with Crippen LogP contribution in [-0.4, -0.2) is 9.78 Å². The molecule has 5 heteroatoms. The normalized spacial score (nSPS) is 10.4. The summed E-state index contributed by atoms with van der Waals surface area (Å²) in [5, 5.41) is 14.0. The average molecular weight is 339 g/mol. The van der Waals surface area contributed by atoms with Gasteiger partial charge in [-0.25, -0.2) is 4.68 Å². The zero-order valence-corrected chi connectivity index (χ0v) is 12.9. The largest absolute Gasteiger partial charge is 0.248 e. The molecular formula is C14H13BrClN3. The third-order valence-electron chi connectivity index (χ3n) is 2.84. The maximum atomic E-state index is 9.16. The zero-order chi connectivity index (χ0) is 13.8. The van der Waals surface area contributed by atoms with Crippen molar-refractivity contribution < 1.29 is 0 Å². The molecule has 0 saturated carbocycles. The number of nitriles is 1. The summed E-state index contributed by atoms with van der Waals surface area (Å²) >= 11 is 9.73. The van der Waals surface area contributed by atoms with Crippen LogP contribution in [0.5, 0.6) is 0 Å². The molecule has 3 nitrogen and oxygen atoms in total. The van der Waals surface area contributed by atoms with Crippen molar-refractivity contribution in [1.82, 2.24) is 9.78 Å². The maximum absolute atomic E-state index is 9.16. The van der Waals surface area contributed by atoms with Crippen LogP contribution in [0.2, 0.25) is 5.15 Å². The van der Waals surface area contributed by atoms with Crippen LogP contribution < -0.4 is 0 Å². The van der Waals surface area contributed by atoms with E-state index in [2.05, 4.69) is 34.0 Å². The third kappa shape index (κ3) is 2.99. The molecule has 98 valence electrons. The summed E-state index contributed by atoms with van der Waals surface area (Å²) in [5.74, 6) is 0. The van der Waals surface area contributed by atoms with Crippen LogP contribution in [0, 0.1) is 11.3 Å². The Morgan fingerprint density at radius 3 is 2.79 bits per heavy atom. The van der Waals surface area contributed by atoms with Crippen LogP contribution in [0.1, 0.15) is 30.2 Å². The first-order chi connectivity index (χ1) is 9.17. The summed E-state index contributed by atoms with van der Waals surface area (Å²) in [6, 6.07) is 10.1. The minimum Gasteiger partial charge on any atom is -0.248 e. The van der Waals surface area contributed by atoms with Gasteiger partial charge in [-0.1, -0.05) is 59.1 Å². The van der Waals surface area contributed by atoms with Gasteiger partial charge < -0.3 is 0 Å². The van der Waals surface area contributed by atoms with Crippen LogP contribution in [0.25, 0.3) is 0 Å². The Bertz CT molecular complexity index is 628. The van der Waals surface area contributed by atoms with Gasteiger partial charge in [-0.2, -0.15) is 10.4 Å². The van der Waals surface area contributed by atoms with Gasteiger partial charge in [-0.3, -0.25) is 0 Å². The van der Waals surface area contributed by atoms with Gasteiger partial charge in [-0.15, -0.1) is 0 Å². The molecule has 2 rings (SSSR count). The van der Waals surface area contributed by atoms with Gasteiger partial charge in [0.1, 0.15) is 16.8 Å². The highest BCUT2D eigenvalue weighted by Gasteiger charge is 2.16. The molecule has 0 amide bonds. The fourth-order valence-corrected chi connectivity index (χ4v) is 2.56. The number of hydrogen-bond acceptors (Lipinski definition) is 2. The van der Waals surface area contributed by atoms with E-state index >= 15 is 0 Å². The van der Waals surface area contributed by atoms with Gasteiger partial charge in [0.05, 0.1) is 12.2 Å². The van der Waals surface area contributed by atoms with Gasteiger partial charge in [0.2, 0.25) is 0 Å². The van der Waals surface area contributed by atoms with E-state index in [4.69, 9.17) is 16.9 Å². The van der Waals surface area contributed by atoms with Gasteiger partial charge >= 0.3 is 0 Å². The molecule has 1 heterocycles. The van der Waals surface area contributed by atoms with Gasteiger partial charge in [-0.05, 0) is 18.1 Å². The number of aromatic nitrogens is 2. The second kappa shape index (κ2) is 6.23. The number of rotatable bonds is 4. The highest BCUT2D eigenvalue weighted by atomic mass is 79.9. The van der Waals surface area contributed by atoms with Crippen molar-refractivity contribution in [3.8, 4) is 6.07 Å². The molecule has 2 aromatic rings. The molecule has 1 aromatic heterocycles. The van der Waals surface area contributed by atoms with Crippen molar-refractivity contribution in [2.45, 2.75) is 26.3 Å². The van der Waals surface area contributed by atoms with Crippen molar-refractivity contribution in [3.63, 3.8) is 0 Å². The number of benzene rings is 1. The molecule has 0 atom stereocenters. The Labute approximate surface area is 125 Å². The highest BCUT2D eigenvalue weighted by Crippen LogP contribution is 2.23. The van der Waals surface area contributed by atoms with Crippen LogP contribution in [0.4, 0.5) is 0 Å². The Kier molecular flexibility index (Phi) is 4.62. The molecule has 0 spiro atoms. The summed E-state index contributed by atoms with van der Waals surface area (Å²) in [6.07, 6.45) is 1.71. The molecule has 0 aliphatic carbocycles. The number of halogens is 2. The summed E-state index contributed by atoms with van der Waals surface area (Å²) in [6.45, 7) is 2.61. The fourth-order valence-electron chi connectivity index (χ4n) is 1.90. The van der Waals surface area contributed by atoms with Crippen LogP contribution in [0.15, 0.2) is 28.7 Å². The van der Waals surface area contributed by atoms with Crippen molar-refractivity contribution in [3.05, 3.63) is 50.7 Å². The molecule has 0 aliphatic rings. The SMILES string of the molecule is CCCc1nn(Cc2ccccc2Br)c(Cl)c1C#N. The van der Waals surface area contributed by atoms with E-state index in [1.807, 2.05) is 24.3 Å². The molecule has 0 saturated heterocycles. The minimum absolute atomic E-state index is 0.418. The standard InChI is InChI=1S/C14H13BrClN3/c1-2-5-13-11(8-17)14(16)19(18-13)9-10-6-3-4-7-12(10)15/h3-4,6-7H,2,5,9H2,1H3. The zero-order valence-electron chi connectivity index (χ0n) is 10.5. The number of aryl methyl sites for hydroxylation is 1. The first-order valence-corrected chi connectivity index (χ1v) is 7.23. The summed E-state index contributed by atoms with van der Waals surface area (Å²) in [7, 11) is 0. The lowest BCUT2D eigenvalue weighted by Gasteiger charge is -2.05. The van der Waals surface area contributed by atoms with Gasteiger partial charge in [0, 0.05) is 4.47 Å². The molecule has 19 heavy (non-hydrogen) atoms. The lowest BCUT2D eigenvalue weighted by molar-refractivity contribution is 0.667. The fraction of sp³-hybridized carbons (Fsp3) is 0.286. The Balaban J connectivity index is 2.36. The molecule has 1 aromatic carbocycles. The molecule has 0 bridgehead atoms. The lowest BCUT2D eigenvalue weighted by Crippen LogP contribution is -2.03. The minimum atomic E-state index is 0.418. The van der Waals surface area contributed by atoms with E-state index in [0.717, 1.165) is 28.6 Å². The van der Waals surface area contributed by atoms with E-state index in [-0.39, 0.29) is 0 Å². The first-order valence-electron chi connectivity index (χ1n) is 6.06. The smallest absolute Gasteiger partial charge is 0.145 e. The monoisotopic (exact) mass is 337 g/mol. The van der Waals surface area contributed by atoms with Crippen LogP contribution in [0.3, 0.4) is 0 Å². The van der Waals surface area contributed by atoms with E-state index in [0.29, 0.717) is 17.3 Å². The predicted molar refractivity (Wildman–Crippen MR) is 79.2 cm³/mol. The second-order valence-electron chi connectivity index (χ2n) is 4.22. The van der Waals surface area contributed by atoms with Gasteiger partial charge in [0.25, 0.3) is 0 Å². The topological polar surface area (TPSA) is 41.6 Å². The quantitative estimate of drug-likeness (QED) is 0.839. The highest BCUT2D eigenvalue weighted by molar-refractivity contribution is 9.10. The maximum Gasteiger partial charge on any atom is 0.145 e. The molecular weight excluding hydrogens is 326 g/mol. The molecule has 0 aliphatic heterocycles. The summed E-state index contributed by atoms with van der Waals surface area (Å²) in [5.41, 5.74) is 2.36. The molecule has 0 unspecified atom stereocenters. The Morgan fingerprint density at radius 2 is 2.16 bits per heavy atom. The van der Waals surface area contributed by atoms with Crippen molar-refractivity contribution >= 4 is 27.5 Å². The first kappa shape index (κ1) is 14.1. The number of hydrogen-bond donors (Lipinski definition) is 0. The van der Waals surface area contributed by atoms with E-state index in [9.17, 15) is 0 Å². The lowest BCUT2D eigenvalue weighted by atomic mass is 10.2. The number of nitrogens with zero attached hydrogens (tertiary/aromatic N) is 3. The Morgan fingerprint density at radius 1 is 1.42 bits per heavy atom. The molecule has 0 N–H and O–H groups in total. The third-order valence-corrected chi connectivity index (χ3v) is 4.00. The molecule has 0 fully saturated rings. The van der Waals surface area contributed by atoms with Crippen molar-refractivity contribution in [1.29, 1.82) is 5.26 Å². The van der Waals surface area contributed by atoms with Crippen LogP contribution >= 0.6 is 27.5 Å². The average Bonchev–Trinajstić information content (AvgIpc) is 2.69. The summed E-state index contributed by atoms with van der Waals surface area (Å²) in [4.78, 5) is 0. The van der Waals surface area contributed by atoms with Crippen molar-refractivity contribution in [2.24, 2.45) is 0 Å². The molecule has 0 radical (unpaired) electrons. The Hall–Kier alpha value is -1.31. The van der Waals surface area contributed by atoms with E-state index in [1.54, 1.807) is 4.68 Å². The van der Waals surface area contributed by atoms with E-state index in [1.165, 1.54) is 0 Å². The van der Waals surface area contributed by atoms with E-state index < -0.39 is 0 Å². The second-order valence-corrected chi connectivity index (χ2v) is 5.44.